The van der Waals surface area contributed by atoms with E-state index in [0.29, 0.717) is 0 Å². The van der Waals surface area contributed by atoms with Gasteiger partial charge in [0.1, 0.15) is 17.6 Å². The summed E-state index contributed by atoms with van der Waals surface area (Å²) in [7, 11) is 4.30. The molecular formula is C16H22FN3O5. The molecule has 138 valence electrons. The number of primary amides is 1. The first-order valence-corrected chi connectivity index (χ1v) is 7.38. The number of rotatable bonds is 7. The van der Waals surface area contributed by atoms with Gasteiger partial charge in [-0.2, -0.15) is 0 Å². The maximum atomic E-state index is 14.9. The summed E-state index contributed by atoms with van der Waals surface area (Å²) in [5, 5.41) is 9.14. The molecule has 1 aromatic rings. The van der Waals surface area contributed by atoms with Gasteiger partial charge in [0.05, 0.1) is 12.7 Å². The zero-order chi connectivity index (χ0) is 19.5. The molecule has 0 aliphatic rings. The van der Waals surface area contributed by atoms with Gasteiger partial charge in [0.25, 0.3) is 5.91 Å². The van der Waals surface area contributed by atoms with Gasteiger partial charge < -0.3 is 26.2 Å². The number of amides is 2. The van der Waals surface area contributed by atoms with Crippen molar-refractivity contribution in [2.24, 2.45) is 11.5 Å². The molecule has 2 amide bonds. The molecule has 5 N–H and O–H groups in total. The highest BCUT2D eigenvalue weighted by atomic mass is 19.1. The molecule has 0 saturated heterocycles. The molecular weight excluding hydrogens is 333 g/mol. The monoisotopic (exact) mass is 355 g/mol. The SMILES string of the molecule is COc1cc(C(CC(N)=O)C(N)C(=O)O)c(F)c(C)c1C(=O)N(C)C. The fourth-order valence-electron chi connectivity index (χ4n) is 2.53. The minimum absolute atomic E-state index is 0.00970. The fraction of sp³-hybridized carbons (Fsp3) is 0.438. The predicted molar refractivity (Wildman–Crippen MR) is 87.9 cm³/mol. The second kappa shape index (κ2) is 7.93. The van der Waals surface area contributed by atoms with E-state index in [1.54, 1.807) is 0 Å². The van der Waals surface area contributed by atoms with Crippen LogP contribution in [0.4, 0.5) is 4.39 Å². The van der Waals surface area contributed by atoms with Gasteiger partial charge in [0, 0.05) is 32.0 Å². The van der Waals surface area contributed by atoms with Gasteiger partial charge in [-0.1, -0.05) is 0 Å². The van der Waals surface area contributed by atoms with E-state index in [2.05, 4.69) is 0 Å². The van der Waals surface area contributed by atoms with Crippen molar-refractivity contribution in [3.63, 3.8) is 0 Å². The molecule has 0 heterocycles. The van der Waals surface area contributed by atoms with Gasteiger partial charge in [-0.15, -0.1) is 0 Å². The highest BCUT2D eigenvalue weighted by Crippen LogP contribution is 2.34. The van der Waals surface area contributed by atoms with Gasteiger partial charge in [-0.3, -0.25) is 14.4 Å². The Morgan fingerprint density at radius 3 is 2.32 bits per heavy atom. The molecule has 25 heavy (non-hydrogen) atoms. The molecule has 0 bridgehead atoms. The molecule has 8 nitrogen and oxygen atoms in total. The van der Waals surface area contributed by atoms with Gasteiger partial charge in [0.15, 0.2) is 0 Å². The van der Waals surface area contributed by atoms with Gasteiger partial charge in [0.2, 0.25) is 5.91 Å². The number of halogens is 1. The lowest BCUT2D eigenvalue weighted by Gasteiger charge is -2.24. The van der Waals surface area contributed by atoms with E-state index in [1.165, 1.54) is 39.1 Å². The van der Waals surface area contributed by atoms with Crippen LogP contribution in [0.2, 0.25) is 0 Å². The Hall–Kier alpha value is -2.68. The zero-order valence-corrected chi connectivity index (χ0v) is 14.5. The summed E-state index contributed by atoms with van der Waals surface area (Å²) in [4.78, 5) is 36.0. The first-order valence-electron chi connectivity index (χ1n) is 7.38. The molecule has 2 atom stereocenters. The Kier molecular flexibility index (Phi) is 6.46. The molecule has 9 heteroatoms. The van der Waals surface area contributed by atoms with Crippen LogP contribution in [0, 0.1) is 12.7 Å². The third-order valence-electron chi connectivity index (χ3n) is 3.87. The van der Waals surface area contributed by atoms with E-state index < -0.39 is 42.0 Å². The number of carboxylic acids is 1. The van der Waals surface area contributed by atoms with Crippen molar-refractivity contribution in [1.29, 1.82) is 0 Å². The molecule has 0 radical (unpaired) electrons. The lowest BCUT2D eigenvalue weighted by Crippen LogP contribution is -2.39. The van der Waals surface area contributed by atoms with Crippen LogP contribution < -0.4 is 16.2 Å². The summed E-state index contributed by atoms with van der Waals surface area (Å²) >= 11 is 0. The second-order valence-electron chi connectivity index (χ2n) is 5.82. The summed E-state index contributed by atoms with van der Waals surface area (Å²) in [6.45, 7) is 1.37. The zero-order valence-electron chi connectivity index (χ0n) is 14.5. The van der Waals surface area contributed by atoms with Crippen molar-refractivity contribution in [2.75, 3.05) is 21.2 Å². The largest absolute Gasteiger partial charge is 0.496 e. The minimum Gasteiger partial charge on any atom is -0.496 e. The van der Waals surface area contributed by atoms with E-state index >= 15 is 0 Å². The third-order valence-corrected chi connectivity index (χ3v) is 3.87. The number of hydrogen-bond donors (Lipinski definition) is 3. The van der Waals surface area contributed by atoms with Crippen LogP contribution in [-0.2, 0) is 9.59 Å². The number of ether oxygens (including phenoxy) is 1. The first kappa shape index (κ1) is 20.4. The van der Waals surface area contributed by atoms with E-state index in [9.17, 15) is 18.8 Å². The molecule has 0 fully saturated rings. The average Bonchev–Trinajstić information content (AvgIpc) is 2.53. The number of carbonyl (C=O) groups excluding carboxylic acids is 2. The highest BCUT2D eigenvalue weighted by molar-refractivity contribution is 5.98. The number of nitrogens with zero attached hydrogens (tertiary/aromatic N) is 1. The Morgan fingerprint density at radius 1 is 1.36 bits per heavy atom. The van der Waals surface area contributed by atoms with E-state index in [4.69, 9.17) is 21.3 Å². The van der Waals surface area contributed by atoms with Crippen LogP contribution in [0.15, 0.2) is 6.07 Å². The van der Waals surface area contributed by atoms with Crippen molar-refractivity contribution in [2.45, 2.75) is 25.3 Å². The van der Waals surface area contributed by atoms with Crippen LogP contribution >= 0.6 is 0 Å². The van der Waals surface area contributed by atoms with Crippen molar-refractivity contribution in [3.05, 3.63) is 28.6 Å². The van der Waals surface area contributed by atoms with Crippen molar-refractivity contribution < 1.29 is 28.6 Å². The number of carbonyl (C=O) groups is 3. The van der Waals surface area contributed by atoms with Crippen LogP contribution in [-0.4, -0.2) is 55.0 Å². The number of carboxylic acid groups (broad SMARTS) is 1. The number of hydrogen-bond acceptors (Lipinski definition) is 5. The summed E-state index contributed by atoms with van der Waals surface area (Å²) in [6.07, 6.45) is -0.464. The normalized spacial score (nSPS) is 13.0. The number of aliphatic carboxylic acids is 1. The minimum atomic E-state index is -1.55. The number of benzene rings is 1. The smallest absolute Gasteiger partial charge is 0.321 e. The van der Waals surface area contributed by atoms with E-state index in [0.717, 1.165) is 0 Å². The summed E-state index contributed by atoms with van der Waals surface area (Å²) < 4.78 is 20.1. The maximum absolute atomic E-state index is 14.9. The molecule has 2 unspecified atom stereocenters. The summed E-state index contributed by atoms with van der Waals surface area (Å²) in [5.74, 6) is -4.68. The molecule has 0 saturated carbocycles. The molecule has 0 aliphatic carbocycles. The third kappa shape index (κ3) is 4.24. The van der Waals surface area contributed by atoms with Gasteiger partial charge in [-0.05, 0) is 18.6 Å². The molecule has 0 aromatic heterocycles. The number of methoxy groups -OCH3 is 1. The van der Waals surface area contributed by atoms with Crippen LogP contribution in [0.25, 0.3) is 0 Å². The maximum Gasteiger partial charge on any atom is 0.321 e. The summed E-state index contributed by atoms with van der Waals surface area (Å²) in [5.41, 5.74) is 10.6. The van der Waals surface area contributed by atoms with Crippen molar-refractivity contribution >= 4 is 17.8 Å². The van der Waals surface area contributed by atoms with Gasteiger partial charge in [-0.25, -0.2) is 4.39 Å². The Bertz CT molecular complexity index is 706. The highest BCUT2D eigenvalue weighted by Gasteiger charge is 2.33. The quantitative estimate of drug-likeness (QED) is 0.640. The van der Waals surface area contributed by atoms with Gasteiger partial charge >= 0.3 is 5.97 Å². The van der Waals surface area contributed by atoms with Crippen LogP contribution in [0.3, 0.4) is 0 Å². The van der Waals surface area contributed by atoms with Crippen LogP contribution in [0.5, 0.6) is 5.75 Å². The lowest BCUT2D eigenvalue weighted by atomic mass is 9.85. The van der Waals surface area contributed by atoms with Crippen molar-refractivity contribution in [1.82, 2.24) is 4.90 Å². The Balaban J connectivity index is 3.64. The second-order valence-corrected chi connectivity index (χ2v) is 5.82. The average molecular weight is 355 g/mol. The predicted octanol–water partition coefficient (Wildman–Crippen LogP) is 0.215. The molecule has 1 aromatic carbocycles. The van der Waals surface area contributed by atoms with E-state index in [1.807, 2.05) is 0 Å². The topological polar surface area (TPSA) is 136 Å². The number of nitrogens with two attached hydrogens (primary N) is 2. The lowest BCUT2D eigenvalue weighted by molar-refractivity contribution is -0.139. The van der Waals surface area contributed by atoms with Crippen molar-refractivity contribution in [3.8, 4) is 5.75 Å². The Morgan fingerprint density at radius 2 is 1.92 bits per heavy atom. The van der Waals surface area contributed by atoms with E-state index in [-0.39, 0.29) is 22.4 Å². The summed E-state index contributed by atoms with van der Waals surface area (Å²) in [6, 6.07) is -0.364. The molecule has 1 rings (SSSR count). The molecule has 0 aliphatic heterocycles. The Labute approximate surface area is 144 Å². The van der Waals surface area contributed by atoms with Crippen LogP contribution in [0.1, 0.15) is 33.8 Å². The fourth-order valence-corrected chi connectivity index (χ4v) is 2.53. The first-order chi connectivity index (χ1) is 11.5. The standard InChI is InChI=1S/C16H22FN3O5/c1-7-12(15(22)20(2)3)10(25-4)5-8(13(7)17)9(6-11(18)21)14(19)16(23)24/h5,9,14H,6,19H2,1-4H3,(H2,18,21)(H,23,24). The molecule has 0 spiro atoms.